The van der Waals surface area contributed by atoms with Crippen molar-refractivity contribution in [2.75, 3.05) is 11.5 Å². The van der Waals surface area contributed by atoms with Crippen LogP contribution in [0.4, 0.5) is 0 Å². The second-order valence-electron chi connectivity index (χ2n) is 4.70. The summed E-state index contributed by atoms with van der Waals surface area (Å²) in [7, 11) is 0. The molecule has 1 fully saturated rings. The van der Waals surface area contributed by atoms with Gasteiger partial charge in [-0.25, -0.2) is 0 Å². The average molecular weight is 246 g/mol. The van der Waals surface area contributed by atoms with Crippen molar-refractivity contribution in [2.45, 2.75) is 69.3 Å². The Kier molecular flexibility index (Phi) is 7.24. The first kappa shape index (κ1) is 13.8. The average Bonchev–Trinajstić information content (AvgIpc) is 2.64. The molecule has 0 radical (unpaired) electrons. The molecule has 0 bridgehead atoms. The molecule has 0 saturated carbocycles. The predicted octanol–water partition coefficient (Wildman–Crippen LogP) is 5.32. The van der Waals surface area contributed by atoms with Gasteiger partial charge in [0.25, 0.3) is 0 Å². The number of thioether (sulfide) groups is 2. The molecule has 1 saturated heterocycles. The van der Waals surface area contributed by atoms with Crippen molar-refractivity contribution in [1.29, 1.82) is 0 Å². The summed E-state index contributed by atoms with van der Waals surface area (Å²) in [5, 5.41) is 0. The molecule has 0 aromatic rings. The fourth-order valence-electron chi connectivity index (χ4n) is 2.10. The van der Waals surface area contributed by atoms with Gasteiger partial charge in [0.2, 0.25) is 0 Å². The molecule has 1 aliphatic heterocycles. The number of rotatable bonds is 8. The van der Waals surface area contributed by atoms with Gasteiger partial charge in [0.15, 0.2) is 0 Å². The Morgan fingerprint density at radius 2 is 1.40 bits per heavy atom. The highest BCUT2D eigenvalue weighted by atomic mass is 32.2. The minimum Gasteiger partial charge on any atom is -0.144 e. The maximum Gasteiger partial charge on any atom is 0.0583 e. The smallest absolute Gasteiger partial charge is 0.0583 e. The van der Waals surface area contributed by atoms with E-state index in [9.17, 15) is 0 Å². The molecular formula is C13H26S2. The molecule has 0 aromatic carbocycles. The van der Waals surface area contributed by atoms with Crippen LogP contribution in [0.3, 0.4) is 0 Å². The Hall–Kier alpha value is 0.700. The lowest BCUT2D eigenvalue weighted by molar-refractivity contribution is 0.569. The maximum atomic E-state index is 2.44. The highest BCUT2D eigenvalue weighted by Gasteiger charge is 2.29. The van der Waals surface area contributed by atoms with E-state index >= 15 is 0 Å². The summed E-state index contributed by atoms with van der Waals surface area (Å²) in [5.74, 6) is 2.75. The lowest BCUT2D eigenvalue weighted by Gasteiger charge is -2.21. The van der Waals surface area contributed by atoms with Gasteiger partial charge in [0.05, 0.1) is 4.08 Å². The summed E-state index contributed by atoms with van der Waals surface area (Å²) in [4.78, 5) is 0. The predicted molar refractivity (Wildman–Crippen MR) is 75.9 cm³/mol. The maximum absolute atomic E-state index is 2.44. The summed E-state index contributed by atoms with van der Waals surface area (Å²) in [6.07, 6.45) is 11.5. The van der Waals surface area contributed by atoms with Gasteiger partial charge in [0.1, 0.15) is 0 Å². The van der Waals surface area contributed by atoms with Crippen LogP contribution in [0.15, 0.2) is 0 Å². The van der Waals surface area contributed by atoms with Crippen LogP contribution in [0.25, 0.3) is 0 Å². The fraction of sp³-hybridized carbons (Fsp3) is 1.00. The summed E-state index contributed by atoms with van der Waals surface area (Å²) < 4.78 is 0.573. The first-order valence-electron chi connectivity index (χ1n) is 6.55. The van der Waals surface area contributed by atoms with Crippen LogP contribution in [0.2, 0.25) is 0 Å². The van der Waals surface area contributed by atoms with Crippen molar-refractivity contribution in [2.24, 2.45) is 0 Å². The number of unbranched alkanes of at least 4 members (excludes halogenated alkanes) is 6. The van der Waals surface area contributed by atoms with Crippen molar-refractivity contribution in [3.8, 4) is 0 Å². The lowest BCUT2D eigenvalue weighted by atomic mass is 10.1. The number of hydrogen-bond donors (Lipinski definition) is 0. The Morgan fingerprint density at radius 3 is 2.00 bits per heavy atom. The summed E-state index contributed by atoms with van der Waals surface area (Å²) in [5.41, 5.74) is 0. The van der Waals surface area contributed by atoms with E-state index in [0.717, 1.165) is 0 Å². The molecule has 0 amide bonds. The van der Waals surface area contributed by atoms with Crippen molar-refractivity contribution in [3.05, 3.63) is 0 Å². The molecular weight excluding hydrogens is 220 g/mol. The van der Waals surface area contributed by atoms with Crippen molar-refractivity contribution < 1.29 is 0 Å². The summed E-state index contributed by atoms with van der Waals surface area (Å²) in [6.45, 7) is 4.72. The molecule has 2 heteroatoms. The Bertz CT molecular complexity index is 151. The Balaban J connectivity index is 1.88. The third kappa shape index (κ3) is 6.11. The van der Waals surface area contributed by atoms with Gasteiger partial charge in [-0.15, -0.1) is 23.5 Å². The van der Waals surface area contributed by atoms with Crippen LogP contribution in [-0.2, 0) is 0 Å². The molecule has 1 rings (SSSR count). The molecule has 90 valence electrons. The quantitative estimate of drug-likeness (QED) is 0.531. The number of hydrogen-bond acceptors (Lipinski definition) is 2. The Labute approximate surface area is 104 Å². The molecule has 0 aliphatic carbocycles. The van der Waals surface area contributed by atoms with Gasteiger partial charge < -0.3 is 0 Å². The minimum atomic E-state index is 0.573. The normalized spacial score (nSPS) is 19.6. The third-order valence-corrected chi connectivity index (χ3v) is 6.54. The molecule has 15 heavy (non-hydrogen) atoms. The molecule has 1 heterocycles. The summed E-state index contributed by atoms with van der Waals surface area (Å²) >= 11 is 4.36. The van der Waals surface area contributed by atoms with Crippen LogP contribution in [0, 0.1) is 0 Å². The first-order chi connectivity index (χ1) is 7.27. The van der Waals surface area contributed by atoms with Crippen molar-refractivity contribution in [3.63, 3.8) is 0 Å². The van der Waals surface area contributed by atoms with Crippen LogP contribution in [0.5, 0.6) is 0 Å². The van der Waals surface area contributed by atoms with E-state index in [1.54, 1.807) is 0 Å². The highest BCUT2D eigenvalue weighted by Crippen LogP contribution is 2.46. The first-order valence-corrected chi connectivity index (χ1v) is 8.52. The van der Waals surface area contributed by atoms with E-state index in [4.69, 9.17) is 0 Å². The molecule has 0 aromatic heterocycles. The monoisotopic (exact) mass is 246 g/mol. The minimum absolute atomic E-state index is 0.573. The standard InChI is InChI=1S/C13H26S2/c1-3-4-5-6-7-8-9-10-13(2)14-11-12-15-13/h3-12H2,1-2H3. The Morgan fingerprint density at radius 1 is 0.867 bits per heavy atom. The van der Waals surface area contributed by atoms with E-state index in [1.807, 2.05) is 0 Å². The highest BCUT2D eigenvalue weighted by molar-refractivity contribution is 8.21. The van der Waals surface area contributed by atoms with E-state index < -0.39 is 0 Å². The van der Waals surface area contributed by atoms with Crippen LogP contribution < -0.4 is 0 Å². The van der Waals surface area contributed by atoms with Crippen molar-refractivity contribution in [1.82, 2.24) is 0 Å². The second kappa shape index (κ2) is 7.89. The SMILES string of the molecule is CCCCCCCCCC1(C)SCCS1. The van der Waals surface area contributed by atoms with Gasteiger partial charge >= 0.3 is 0 Å². The fourth-order valence-corrected chi connectivity index (χ4v) is 5.05. The van der Waals surface area contributed by atoms with Gasteiger partial charge in [-0.3, -0.25) is 0 Å². The van der Waals surface area contributed by atoms with E-state index in [1.165, 1.54) is 62.9 Å². The topological polar surface area (TPSA) is 0 Å². The summed E-state index contributed by atoms with van der Waals surface area (Å²) in [6, 6.07) is 0. The van der Waals surface area contributed by atoms with Crippen LogP contribution >= 0.6 is 23.5 Å². The zero-order valence-corrected chi connectivity index (χ0v) is 12.0. The molecule has 0 atom stereocenters. The van der Waals surface area contributed by atoms with Gasteiger partial charge in [-0.1, -0.05) is 51.9 Å². The molecule has 0 spiro atoms. The van der Waals surface area contributed by atoms with Gasteiger partial charge in [-0.05, 0) is 13.3 Å². The van der Waals surface area contributed by atoms with Gasteiger partial charge in [-0.2, -0.15) is 0 Å². The molecule has 0 N–H and O–H groups in total. The lowest BCUT2D eigenvalue weighted by Crippen LogP contribution is -2.10. The molecule has 1 aliphatic rings. The third-order valence-electron chi connectivity index (χ3n) is 3.13. The van der Waals surface area contributed by atoms with Crippen LogP contribution in [0.1, 0.15) is 65.2 Å². The van der Waals surface area contributed by atoms with E-state index in [0.29, 0.717) is 4.08 Å². The van der Waals surface area contributed by atoms with Gasteiger partial charge in [0, 0.05) is 11.5 Å². The van der Waals surface area contributed by atoms with E-state index in [-0.39, 0.29) is 0 Å². The zero-order chi connectivity index (χ0) is 11.0. The molecule has 0 nitrogen and oxygen atoms in total. The largest absolute Gasteiger partial charge is 0.144 e. The van der Waals surface area contributed by atoms with Crippen LogP contribution in [-0.4, -0.2) is 15.6 Å². The van der Waals surface area contributed by atoms with Crippen molar-refractivity contribution >= 4 is 23.5 Å². The van der Waals surface area contributed by atoms with E-state index in [2.05, 4.69) is 37.4 Å². The molecule has 0 unspecified atom stereocenters. The second-order valence-corrected chi connectivity index (χ2v) is 8.16. The zero-order valence-electron chi connectivity index (χ0n) is 10.4.